The molecule has 0 aromatic heterocycles. The summed E-state index contributed by atoms with van der Waals surface area (Å²) in [6.07, 6.45) is 0.484. The van der Waals surface area contributed by atoms with Gasteiger partial charge >= 0.3 is 5.97 Å². The van der Waals surface area contributed by atoms with Gasteiger partial charge in [0.25, 0.3) is 0 Å². The summed E-state index contributed by atoms with van der Waals surface area (Å²) in [4.78, 5) is 24.7. The van der Waals surface area contributed by atoms with Gasteiger partial charge in [-0.1, -0.05) is 24.3 Å². The van der Waals surface area contributed by atoms with Crippen LogP contribution in [0.2, 0.25) is 0 Å². The molecule has 0 saturated heterocycles. The maximum absolute atomic E-state index is 13.1. The van der Waals surface area contributed by atoms with Gasteiger partial charge in [-0.25, -0.2) is 9.18 Å². The first-order valence-electron chi connectivity index (χ1n) is 8.70. The fourth-order valence-electron chi connectivity index (χ4n) is 2.57. The molecule has 5 N–H and O–H groups in total. The van der Waals surface area contributed by atoms with Crippen LogP contribution < -0.4 is 16.8 Å². The van der Waals surface area contributed by atoms with E-state index in [0.717, 1.165) is 5.56 Å². The van der Waals surface area contributed by atoms with E-state index < -0.39 is 24.0 Å². The van der Waals surface area contributed by atoms with Crippen molar-refractivity contribution < 1.29 is 18.7 Å². The van der Waals surface area contributed by atoms with Crippen molar-refractivity contribution in [2.45, 2.75) is 31.8 Å². The minimum Gasteiger partial charge on any atom is -0.464 e. The number of hydrogen-bond donors (Lipinski definition) is 3. The predicted octanol–water partition coefficient (Wildman–Crippen LogP) is 1.57. The number of esters is 1. The van der Waals surface area contributed by atoms with E-state index in [1.54, 1.807) is 43.3 Å². The van der Waals surface area contributed by atoms with Gasteiger partial charge in [0.05, 0.1) is 12.6 Å². The Morgan fingerprint density at radius 1 is 1.04 bits per heavy atom. The molecule has 0 unspecified atom stereocenters. The molecule has 0 radical (unpaired) electrons. The molecule has 27 heavy (non-hydrogen) atoms. The van der Waals surface area contributed by atoms with E-state index in [-0.39, 0.29) is 18.8 Å². The van der Waals surface area contributed by atoms with Crippen molar-refractivity contribution >= 4 is 17.6 Å². The molecule has 0 aliphatic rings. The lowest BCUT2D eigenvalue weighted by Crippen LogP contribution is -2.50. The second-order valence-electron chi connectivity index (χ2n) is 6.20. The second-order valence-corrected chi connectivity index (χ2v) is 6.20. The lowest BCUT2D eigenvalue weighted by Gasteiger charge is -2.20. The molecular formula is C20H24FN3O3. The van der Waals surface area contributed by atoms with Crippen molar-refractivity contribution in [2.75, 3.05) is 12.3 Å². The zero-order valence-electron chi connectivity index (χ0n) is 15.2. The normalized spacial score (nSPS) is 12.9. The third-order valence-electron chi connectivity index (χ3n) is 4.01. The van der Waals surface area contributed by atoms with Crippen LogP contribution in [0.5, 0.6) is 0 Å². The molecule has 6 nitrogen and oxygen atoms in total. The molecule has 1 amide bonds. The molecule has 0 aliphatic carbocycles. The molecular weight excluding hydrogens is 349 g/mol. The molecule has 0 bridgehead atoms. The molecule has 0 aliphatic heterocycles. The highest BCUT2D eigenvalue weighted by Gasteiger charge is 2.25. The van der Waals surface area contributed by atoms with Crippen molar-refractivity contribution in [3.63, 3.8) is 0 Å². The van der Waals surface area contributed by atoms with Gasteiger partial charge in [0.15, 0.2) is 0 Å². The number of nitrogens with two attached hydrogens (primary N) is 2. The Morgan fingerprint density at radius 3 is 2.19 bits per heavy atom. The van der Waals surface area contributed by atoms with Crippen LogP contribution in [0, 0.1) is 5.82 Å². The summed E-state index contributed by atoms with van der Waals surface area (Å²) in [5, 5.41) is 2.64. The minimum atomic E-state index is -0.902. The van der Waals surface area contributed by atoms with Gasteiger partial charge in [0.2, 0.25) is 5.91 Å². The molecule has 2 atom stereocenters. The van der Waals surface area contributed by atoms with E-state index in [9.17, 15) is 14.0 Å². The number of halogens is 1. The Kier molecular flexibility index (Phi) is 7.31. The monoisotopic (exact) mass is 373 g/mol. The number of carbonyl (C=O) groups is 2. The number of anilines is 1. The van der Waals surface area contributed by atoms with E-state index >= 15 is 0 Å². The first kappa shape index (κ1) is 20.4. The first-order valence-corrected chi connectivity index (χ1v) is 8.70. The average molecular weight is 373 g/mol. The van der Waals surface area contributed by atoms with E-state index in [1.807, 2.05) is 0 Å². The highest BCUT2D eigenvalue weighted by molar-refractivity contribution is 5.87. The summed E-state index contributed by atoms with van der Waals surface area (Å²) in [5.74, 6) is -1.40. The van der Waals surface area contributed by atoms with Gasteiger partial charge in [-0.05, 0) is 48.7 Å². The number of carbonyl (C=O) groups excluding carboxylic acids is 2. The maximum Gasteiger partial charge on any atom is 0.328 e. The van der Waals surface area contributed by atoms with Crippen LogP contribution in [0.15, 0.2) is 48.5 Å². The molecule has 2 aromatic rings. The van der Waals surface area contributed by atoms with E-state index in [4.69, 9.17) is 16.2 Å². The Balaban J connectivity index is 2.03. The number of rotatable bonds is 8. The highest BCUT2D eigenvalue weighted by Crippen LogP contribution is 2.09. The smallest absolute Gasteiger partial charge is 0.328 e. The summed E-state index contributed by atoms with van der Waals surface area (Å²) in [6, 6.07) is 11.0. The van der Waals surface area contributed by atoms with Crippen molar-refractivity contribution in [1.29, 1.82) is 0 Å². The van der Waals surface area contributed by atoms with Gasteiger partial charge in [-0.15, -0.1) is 0 Å². The zero-order chi connectivity index (χ0) is 19.8. The van der Waals surface area contributed by atoms with Crippen LogP contribution in [-0.2, 0) is 27.2 Å². The predicted molar refractivity (Wildman–Crippen MR) is 101 cm³/mol. The number of nitrogens with one attached hydrogen (secondary N) is 1. The van der Waals surface area contributed by atoms with Gasteiger partial charge in [0.1, 0.15) is 11.9 Å². The van der Waals surface area contributed by atoms with Gasteiger partial charge in [-0.3, -0.25) is 4.79 Å². The van der Waals surface area contributed by atoms with Crippen LogP contribution >= 0.6 is 0 Å². The number of benzene rings is 2. The van der Waals surface area contributed by atoms with Gasteiger partial charge < -0.3 is 21.5 Å². The third-order valence-corrected chi connectivity index (χ3v) is 4.01. The summed E-state index contributed by atoms with van der Waals surface area (Å²) in [7, 11) is 0. The quantitative estimate of drug-likeness (QED) is 0.481. The first-order chi connectivity index (χ1) is 12.9. The van der Waals surface area contributed by atoms with Crippen LogP contribution in [0.3, 0.4) is 0 Å². The zero-order valence-corrected chi connectivity index (χ0v) is 15.2. The number of amides is 1. The standard InChI is InChI=1S/C20H24FN3O3/c1-2-27-20(26)18(12-14-3-7-15(21)8-4-14)24-19(25)17(23)11-13-5-9-16(22)10-6-13/h3-10,17-18H,2,11-12,22-23H2,1H3,(H,24,25)/t17-,18-/m0/s1. The van der Waals surface area contributed by atoms with E-state index in [0.29, 0.717) is 17.7 Å². The van der Waals surface area contributed by atoms with Crippen molar-refractivity contribution in [3.05, 3.63) is 65.5 Å². The van der Waals surface area contributed by atoms with Crippen molar-refractivity contribution in [1.82, 2.24) is 5.32 Å². The van der Waals surface area contributed by atoms with Crippen molar-refractivity contribution in [2.24, 2.45) is 5.73 Å². The lowest BCUT2D eigenvalue weighted by atomic mass is 10.0. The molecule has 0 spiro atoms. The SMILES string of the molecule is CCOC(=O)[C@H](Cc1ccc(F)cc1)NC(=O)[C@@H](N)Cc1ccc(N)cc1. The molecule has 144 valence electrons. The highest BCUT2D eigenvalue weighted by atomic mass is 19.1. The Hall–Kier alpha value is -2.93. The molecule has 0 fully saturated rings. The fraction of sp³-hybridized carbons (Fsp3) is 0.300. The van der Waals surface area contributed by atoms with Crippen molar-refractivity contribution in [3.8, 4) is 0 Å². The van der Waals surface area contributed by atoms with Crippen LogP contribution in [0.1, 0.15) is 18.1 Å². The molecule has 0 saturated carbocycles. The van der Waals surface area contributed by atoms with Crippen LogP contribution in [0.25, 0.3) is 0 Å². The summed E-state index contributed by atoms with van der Waals surface area (Å²) < 4.78 is 18.1. The van der Waals surface area contributed by atoms with E-state index in [1.165, 1.54) is 12.1 Å². The third kappa shape index (κ3) is 6.38. The van der Waals surface area contributed by atoms with Crippen LogP contribution in [0.4, 0.5) is 10.1 Å². The lowest BCUT2D eigenvalue weighted by molar-refractivity contribution is -0.147. The largest absolute Gasteiger partial charge is 0.464 e. The van der Waals surface area contributed by atoms with Gasteiger partial charge in [-0.2, -0.15) is 0 Å². The fourth-order valence-corrected chi connectivity index (χ4v) is 2.57. The topological polar surface area (TPSA) is 107 Å². The van der Waals surface area contributed by atoms with Crippen LogP contribution in [-0.4, -0.2) is 30.6 Å². The van der Waals surface area contributed by atoms with Gasteiger partial charge in [0, 0.05) is 12.1 Å². The molecule has 2 rings (SSSR count). The summed E-state index contributed by atoms with van der Waals surface area (Å²) in [6.45, 7) is 1.87. The summed E-state index contributed by atoms with van der Waals surface area (Å²) >= 11 is 0. The second kappa shape index (κ2) is 9.68. The maximum atomic E-state index is 13.1. The Bertz CT molecular complexity index is 763. The number of ether oxygens (including phenoxy) is 1. The average Bonchev–Trinajstić information content (AvgIpc) is 2.65. The number of nitrogen functional groups attached to an aromatic ring is 1. The minimum absolute atomic E-state index is 0.180. The molecule has 7 heteroatoms. The van der Waals surface area contributed by atoms with E-state index in [2.05, 4.69) is 5.32 Å². The Morgan fingerprint density at radius 2 is 1.59 bits per heavy atom. The summed E-state index contributed by atoms with van der Waals surface area (Å²) in [5.41, 5.74) is 13.8. The Labute approximate surface area is 157 Å². The number of hydrogen-bond acceptors (Lipinski definition) is 5. The molecule has 0 heterocycles. The molecule has 2 aromatic carbocycles.